The van der Waals surface area contributed by atoms with Gasteiger partial charge < -0.3 is 5.11 Å². The van der Waals surface area contributed by atoms with Crippen LogP contribution in [0, 0.1) is 5.82 Å². The van der Waals surface area contributed by atoms with Gasteiger partial charge >= 0.3 is 5.97 Å². The van der Waals surface area contributed by atoms with Crippen LogP contribution >= 0.6 is 27.5 Å². The molecule has 0 aromatic heterocycles. The van der Waals surface area contributed by atoms with Crippen molar-refractivity contribution in [1.82, 2.24) is 0 Å². The van der Waals surface area contributed by atoms with Crippen molar-refractivity contribution in [2.24, 2.45) is 0 Å². The normalized spacial score (nSPS) is 10.9. The third-order valence-electron chi connectivity index (χ3n) is 1.70. The third-order valence-corrected chi connectivity index (χ3v) is 2.39. The van der Waals surface area contributed by atoms with Gasteiger partial charge in [0.1, 0.15) is 5.82 Å². The molecule has 5 heteroatoms. The van der Waals surface area contributed by atoms with Gasteiger partial charge in [0.2, 0.25) is 0 Å². The topological polar surface area (TPSA) is 37.3 Å². The van der Waals surface area contributed by atoms with Crippen LogP contribution in [0.2, 0.25) is 5.02 Å². The summed E-state index contributed by atoms with van der Waals surface area (Å²) in [6.45, 7) is 0. The minimum absolute atomic E-state index is 0.0260. The van der Waals surface area contributed by atoms with E-state index in [1.165, 1.54) is 12.1 Å². The van der Waals surface area contributed by atoms with Crippen LogP contribution < -0.4 is 0 Å². The Morgan fingerprint density at radius 1 is 1.60 bits per heavy atom. The lowest BCUT2D eigenvalue weighted by Crippen LogP contribution is -1.99. The van der Waals surface area contributed by atoms with Gasteiger partial charge in [-0.15, -0.1) is 0 Å². The standard InChI is InChI=1S/C10H7BrClFO2/c11-3-1-2-6-4-8(12)7(10(14)15)5-9(6)13/h1-2,4-5H,3H2,(H,14,15). The van der Waals surface area contributed by atoms with Crippen molar-refractivity contribution < 1.29 is 14.3 Å². The van der Waals surface area contributed by atoms with E-state index in [9.17, 15) is 9.18 Å². The van der Waals surface area contributed by atoms with E-state index in [0.717, 1.165) is 6.07 Å². The minimum atomic E-state index is -1.24. The number of hydrogen-bond acceptors (Lipinski definition) is 1. The monoisotopic (exact) mass is 292 g/mol. The molecule has 15 heavy (non-hydrogen) atoms. The maximum atomic E-state index is 13.3. The van der Waals surface area contributed by atoms with Gasteiger partial charge in [0.15, 0.2) is 0 Å². The first kappa shape index (κ1) is 12.2. The molecular formula is C10H7BrClFO2. The smallest absolute Gasteiger partial charge is 0.337 e. The van der Waals surface area contributed by atoms with E-state index in [2.05, 4.69) is 15.9 Å². The van der Waals surface area contributed by atoms with E-state index in [0.29, 0.717) is 5.33 Å². The van der Waals surface area contributed by atoms with Gasteiger partial charge in [-0.1, -0.05) is 39.7 Å². The first-order valence-electron chi connectivity index (χ1n) is 4.01. The van der Waals surface area contributed by atoms with Crippen molar-refractivity contribution >= 4 is 39.6 Å². The van der Waals surface area contributed by atoms with Gasteiger partial charge in [0, 0.05) is 10.9 Å². The zero-order chi connectivity index (χ0) is 11.4. The molecule has 0 saturated heterocycles. The van der Waals surface area contributed by atoms with Gasteiger partial charge in [-0.05, 0) is 12.1 Å². The lowest BCUT2D eigenvalue weighted by atomic mass is 10.1. The fourth-order valence-corrected chi connectivity index (χ4v) is 1.47. The summed E-state index contributed by atoms with van der Waals surface area (Å²) in [5, 5.41) is 9.29. The van der Waals surface area contributed by atoms with Crippen LogP contribution in [-0.4, -0.2) is 16.4 Å². The average Bonchev–Trinajstić information content (AvgIpc) is 2.18. The predicted octanol–water partition coefficient (Wildman–Crippen LogP) is 3.59. The van der Waals surface area contributed by atoms with E-state index in [1.807, 2.05) is 0 Å². The van der Waals surface area contributed by atoms with Crippen molar-refractivity contribution in [3.05, 3.63) is 40.2 Å². The highest BCUT2D eigenvalue weighted by Crippen LogP contribution is 2.21. The summed E-state index contributed by atoms with van der Waals surface area (Å²) >= 11 is 8.83. The number of rotatable bonds is 3. The van der Waals surface area contributed by atoms with E-state index >= 15 is 0 Å². The Labute approximate surface area is 99.5 Å². The molecule has 0 aliphatic carbocycles. The molecule has 1 N–H and O–H groups in total. The molecule has 80 valence electrons. The van der Waals surface area contributed by atoms with E-state index in [4.69, 9.17) is 16.7 Å². The SMILES string of the molecule is O=C(O)c1cc(F)c(C=CCBr)cc1Cl. The molecule has 1 aromatic rings. The Morgan fingerprint density at radius 2 is 2.27 bits per heavy atom. The molecule has 0 aliphatic heterocycles. The molecule has 0 unspecified atom stereocenters. The van der Waals surface area contributed by atoms with Gasteiger partial charge in [0.05, 0.1) is 10.6 Å². The summed E-state index contributed by atoms with van der Waals surface area (Å²) in [4.78, 5) is 10.6. The molecule has 0 bridgehead atoms. The molecule has 0 amide bonds. The van der Waals surface area contributed by atoms with Gasteiger partial charge in [-0.2, -0.15) is 0 Å². The number of allylic oxidation sites excluding steroid dienone is 1. The second kappa shape index (κ2) is 5.28. The zero-order valence-corrected chi connectivity index (χ0v) is 9.85. The van der Waals surface area contributed by atoms with Gasteiger partial charge in [-0.3, -0.25) is 0 Å². The number of carboxylic acid groups (broad SMARTS) is 1. The number of aromatic carboxylic acids is 1. The Balaban J connectivity index is 3.19. The van der Waals surface area contributed by atoms with Gasteiger partial charge in [0.25, 0.3) is 0 Å². The summed E-state index contributed by atoms with van der Waals surface area (Å²) in [6.07, 6.45) is 3.22. The molecule has 0 fully saturated rings. The predicted molar refractivity (Wildman–Crippen MR) is 61.2 cm³/mol. The lowest BCUT2D eigenvalue weighted by Gasteiger charge is -2.02. The molecule has 0 aliphatic rings. The van der Waals surface area contributed by atoms with Gasteiger partial charge in [-0.25, -0.2) is 9.18 Å². The average molecular weight is 294 g/mol. The van der Waals surface area contributed by atoms with E-state index in [1.54, 1.807) is 6.08 Å². The molecule has 1 rings (SSSR count). The van der Waals surface area contributed by atoms with Crippen LogP contribution in [0.5, 0.6) is 0 Å². The molecular weight excluding hydrogens is 286 g/mol. The summed E-state index contributed by atoms with van der Waals surface area (Å²) in [5.74, 6) is -1.84. The van der Waals surface area contributed by atoms with Crippen LogP contribution in [0.15, 0.2) is 18.2 Å². The summed E-state index contributed by atoms with van der Waals surface area (Å²) in [5.41, 5.74) is 0.0367. The Bertz CT molecular complexity index is 418. The van der Waals surface area contributed by atoms with Crippen molar-refractivity contribution in [3.63, 3.8) is 0 Å². The molecule has 0 atom stereocenters. The van der Waals surface area contributed by atoms with E-state index in [-0.39, 0.29) is 16.1 Å². The highest BCUT2D eigenvalue weighted by Gasteiger charge is 2.12. The zero-order valence-electron chi connectivity index (χ0n) is 7.51. The number of benzene rings is 1. The molecule has 0 spiro atoms. The van der Waals surface area contributed by atoms with Crippen molar-refractivity contribution in [1.29, 1.82) is 0 Å². The minimum Gasteiger partial charge on any atom is -0.478 e. The van der Waals surface area contributed by atoms with Crippen molar-refractivity contribution in [3.8, 4) is 0 Å². The van der Waals surface area contributed by atoms with Crippen LogP contribution in [0.3, 0.4) is 0 Å². The van der Waals surface area contributed by atoms with Crippen LogP contribution in [0.1, 0.15) is 15.9 Å². The number of carbonyl (C=O) groups is 1. The number of halogens is 3. The Hall–Kier alpha value is -0.870. The maximum absolute atomic E-state index is 13.3. The van der Waals surface area contributed by atoms with Crippen molar-refractivity contribution in [2.75, 3.05) is 5.33 Å². The highest BCUT2D eigenvalue weighted by molar-refractivity contribution is 9.09. The first-order valence-corrected chi connectivity index (χ1v) is 5.51. The molecule has 0 radical (unpaired) electrons. The third kappa shape index (κ3) is 3.04. The number of carboxylic acids is 1. The fraction of sp³-hybridized carbons (Fsp3) is 0.100. The maximum Gasteiger partial charge on any atom is 0.337 e. The first-order chi connectivity index (χ1) is 7.06. The van der Waals surface area contributed by atoms with Crippen LogP contribution in [0.25, 0.3) is 6.08 Å². The quantitative estimate of drug-likeness (QED) is 0.865. The van der Waals surface area contributed by atoms with Crippen LogP contribution in [0.4, 0.5) is 4.39 Å². The van der Waals surface area contributed by atoms with Crippen LogP contribution in [-0.2, 0) is 0 Å². The molecule has 0 heterocycles. The second-order valence-electron chi connectivity index (χ2n) is 2.72. The highest BCUT2D eigenvalue weighted by atomic mass is 79.9. The Morgan fingerprint density at radius 3 is 2.80 bits per heavy atom. The number of hydrogen-bond donors (Lipinski definition) is 1. The molecule has 2 nitrogen and oxygen atoms in total. The fourth-order valence-electron chi connectivity index (χ4n) is 1.03. The van der Waals surface area contributed by atoms with E-state index < -0.39 is 11.8 Å². The summed E-state index contributed by atoms with van der Waals surface area (Å²) in [7, 11) is 0. The Kier molecular flexibility index (Phi) is 4.29. The molecule has 1 aromatic carbocycles. The van der Waals surface area contributed by atoms with Crippen molar-refractivity contribution in [2.45, 2.75) is 0 Å². The molecule has 0 saturated carbocycles. The summed E-state index contributed by atoms with van der Waals surface area (Å²) < 4.78 is 13.3. The number of alkyl halides is 1. The summed E-state index contributed by atoms with van der Waals surface area (Å²) in [6, 6.07) is 2.21. The second-order valence-corrected chi connectivity index (χ2v) is 3.77. The lowest BCUT2D eigenvalue weighted by molar-refractivity contribution is 0.0696. The largest absolute Gasteiger partial charge is 0.478 e.